The number of para-hydroxylation sites is 1. The number of anilines is 2. The van der Waals surface area contributed by atoms with Crippen molar-refractivity contribution in [1.29, 1.82) is 0 Å². The van der Waals surface area contributed by atoms with Crippen LogP contribution in [0.1, 0.15) is 15.9 Å². The van der Waals surface area contributed by atoms with Crippen molar-refractivity contribution < 1.29 is 17.6 Å². The summed E-state index contributed by atoms with van der Waals surface area (Å²) in [6, 6.07) is 20.1. The molecule has 0 radical (unpaired) electrons. The van der Waals surface area contributed by atoms with Crippen molar-refractivity contribution in [2.24, 2.45) is 0 Å². The summed E-state index contributed by atoms with van der Waals surface area (Å²) in [6.07, 6.45) is 0. The molecule has 1 aliphatic rings. The third-order valence-electron chi connectivity index (χ3n) is 5.51. The van der Waals surface area contributed by atoms with E-state index >= 15 is 0 Å². The first kappa shape index (κ1) is 21.8. The van der Waals surface area contributed by atoms with Gasteiger partial charge in [0.25, 0.3) is 15.9 Å². The van der Waals surface area contributed by atoms with Crippen LogP contribution in [0, 0.1) is 12.7 Å². The van der Waals surface area contributed by atoms with Crippen molar-refractivity contribution in [3.8, 4) is 0 Å². The number of carbonyl (C=O) groups excluding carboxylic acids is 1. The highest BCUT2D eigenvalue weighted by molar-refractivity contribution is 7.92. The maximum Gasteiger partial charge on any atom is 0.261 e. The van der Waals surface area contributed by atoms with Gasteiger partial charge in [-0.05, 0) is 67.1 Å². The van der Waals surface area contributed by atoms with Gasteiger partial charge in [-0.15, -0.1) is 0 Å². The molecular weight excluding hydrogens is 429 g/mol. The van der Waals surface area contributed by atoms with Gasteiger partial charge in [0.2, 0.25) is 0 Å². The number of carbonyl (C=O) groups is 1. The number of rotatable bonds is 5. The highest BCUT2D eigenvalue weighted by Crippen LogP contribution is 2.21. The highest BCUT2D eigenvalue weighted by Gasteiger charge is 2.22. The predicted octanol–water partition coefficient (Wildman–Crippen LogP) is 3.90. The Bertz CT molecular complexity index is 1210. The van der Waals surface area contributed by atoms with Crippen molar-refractivity contribution in [3.05, 3.63) is 89.7 Å². The Balaban J connectivity index is 1.39. The summed E-state index contributed by atoms with van der Waals surface area (Å²) in [6.45, 7) is 4.25. The number of halogens is 1. The SMILES string of the molecule is Cc1cc(S(=O)(=O)Nc2ccc(C(=O)N3CCN(c4ccccc4)CC3)cc2)ccc1F. The van der Waals surface area contributed by atoms with Gasteiger partial charge in [0.1, 0.15) is 5.82 Å². The zero-order valence-electron chi connectivity index (χ0n) is 17.7. The van der Waals surface area contributed by atoms with E-state index in [1.807, 2.05) is 18.2 Å². The molecule has 1 heterocycles. The number of amides is 1. The molecule has 0 aliphatic carbocycles. The number of piperazine rings is 1. The molecule has 0 atom stereocenters. The molecule has 1 fully saturated rings. The molecule has 6 nitrogen and oxygen atoms in total. The van der Waals surface area contributed by atoms with Gasteiger partial charge in [-0.3, -0.25) is 9.52 Å². The van der Waals surface area contributed by atoms with Crippen molar-refractivity contribution >= 4 is 27.3 Å². The highest BCUT2D eigenvalue weighted by atomic mass is 32.2. The van der Waals surface area contributed by atoms with Crippen molar-refractivity contribution in [1.82, 2.24) is 4.90 Å². The second kappa shape index (κ2) is 9.00. The summed E-state index contributed by atoms with van der Waals surface area (Å²) in [5, 5.41) is 0. The van der Waals surface area contributed by atoms with Crippen LogP contribution in [0.4, 0.5) is 15.8 Å². The molecule has 0 unspecified atom stereocenters. The molecule has 0 bridgehead atoms. The molecule has 166 valence electrons. The van der Waals surface area contributed by atoms with Crippen LogP contribution < -0.4 is 9.62 Å². The topological polar surface area (TPSA) is 69.7 Å². The lowest BCUT2D eigenvalue weighted by atomic mass is 10.1. The van der Waals surface area contributed by atoms with Crippen LogP contribution >= 0.6 is 0 Å². The number of aryl methyl sites for hydroxylation is 1. The largest absolute Gasteiger partial charge is 0.368 e. The van der Waals surface area contributed by atoms with Crippen LogP contribution in [0.25, 0.3) is 0 Å². The Hall–Kier alpha value is -3.39. The Morgan fingerprint density at radius 3 is 2.19 bits per heavy atom. The van der Waals surface area contributed by atoms with Crippen LogP contribution in [0.5, 0.6) is 0 Å². The van der Waals surface area contributed by atoms with E-state index in [2.05, 4.69) is 21.8 Å². The predicted molar refractivity (Wildman–Crippen MR) is 123 cm³/mol. The van der Waals surface area contributed by atoms with E-state index in [0.717, 1.165) is 24.8 Å². The van der Waals surface area contributed by atoms with Gasteiger partial charge < -0.3 is 9.80 Å². The van der Waals surface area contributed by atoms with Gasteiger partial charge in [0.15, 0.2) is 0 Å². The standard InChI is InChI=1S/C24H24FN3O3S/c1-18-17-22(11-12-23(18)25)32(30,31)26-20-9-7-19(8-10-20)24(29)28-15-13-27(14-16-28)21-5-3-2-4-6-21/h2-12,17,26H,13-16H2,1H3. The first-order chi connectivity index (χ1) is 15.3. The van der Waals surface area contributed by atoms with Crippen LogP contribution in [-0.4, -0.2) is 45.4 Å². The van der Waals surface area contributed by atoms with Gasteiger partial charge in [-0.1, -0.05) is 18.2 Å². The van der Waals surface area contributed by atoms with E-state index in [-0.39, 0.29) is 16.4 Å². The van der Waals surface area contributed by atoms with Crippen LogP contribution in [0.2, 0.25) is 0 Å². The molecule has 0 saturated carbocycles. The zero-order valence-corrected chi connectivity index (χ0v) is 18.5. The van der Waals surface area contributed by atoms with Gasteiger partial charge in [0, 0.05) is 43.1 Å². The van der Waals surface area contributed by atoms with Crippen LogP contribution in [0.15, 0.2) is 77.7 Å². The molecule has 32 heavy (non-hydrogen) atoms. The normalized spacial score (nSPS) is 14.3. The molecule has 1 amide bonds. The van der Waals surface area contributed by atoms with Gasteiger partial charge >= 0.3 is 0 Å². The Kier molecular flexibility index (Phi) is 6.14. The number of sulfonamides is 1. The lowest BCUT2D eigenvalue weighted by molar-refractivity contribution is 0.0747. The fourth-order valence-electron chi connectivity index (χ4n) is 3.67. The zero-order chi connectivity index (χ0) is 22.7. The number of hydrogen-bond acceptors (Lipinski definition) is 4. The second-order valence-corrected chi connectivity index (χ2v) is 9.39. The average Bonchev–Trinajstić information content (AvgIpc) is 2.81. The lowest BCUT2D eigenvalue weighted by Crippen LogP contribution is -2.48. The number of nitrogens with one attached hydrogen (secondary N) is 1. The second-order valence-electron chi connectivity index (χ2n) is 7.71. The van der Waals surface area contributed by atoms with Gasteiger partial charge in [0.05, 0.1) is 4.90 Å². The molecule has 1 N–H and O–H groups in total. The Morgan fingerprint density at radius 2 is 1.56 bits per heavy atom. The van der Waals surface area contributed by atoms with Crippen molar-refractivity contribution in [3.63, 3.8) is 0 Å². The average molecular weight is 454 g/mol. The third kappa shape index (κ3) is 4.75. The summed E-state index contributed by atoms with van der Waals surface area (Å²) in [7, 11) is -3.86. The Labute approximate surface area is 187 Å². The molecule has 3 aromatic carbocycles. The minimum absolute atomic E-state index is 0.0205. The molecule has 8 heteroatoms. The smallest absolute Gasteiger partial charge is 0.261 e. The minimum Gasteiger partial charge on any atom is -0.368 e. The minimum atomic E-state index is -3.86. The first-order valence-corrected chi connectivity index (χ1v) is 11.8. The maximum absolute atomic E-state index is 13.4. The maximum atomic E-state index is 13.4. The number of benzene rings is 3. The van der Waals surface area contributed by atoms with Crippen molar-refractivity contribution in [2.75, 3.05) is 35.8 Å². The third-order valence-corrected chi connectivity index (χ3v) is 6.89. The quantitative estimate of drug-likeness (QED) is 0.636. The lowest BCUT2D eigenvalue weighted by Gasteiger charge is -2.36. The molecular formula is C24H24FN3O3S. The monoisotopic (exact) mass is 453 g/mol. The summed E-state index contributed by atoms with van der Waals surface area (Å²) in [5.74, 6) is -0.544. The molecule has 4 rings (SSSR count). The number of nitrogens with zero attached hydrogens (tertiary/aromatic N) is 2. The molecule has 3 aromatic rings. The first-order valence-electron chi connectivity index (χ1n) is 10.3. The summed E-state index contributed by atoms with van der Waals surface area (Å²) < 4.78 is 41.0. The summed E-state index contributed by atoms with van der Waals surface area (Å²) in [5.41, 5.74) is 2.23. The van der Waals surface area contributed by atoms with E-state index in [9.17, 15) is 17.6 Å². The van der Waals surface area contributed by atoms with E-state index in [4.69, 9.17) is 0 Å². The van der Waals surface area contributed by atoms with Crippen molar-refractivity contribution in [2.45, 2.75) is 11.8 Å². The summed E-state index contributed by atoms with van der Waals surface area (Å²) >= 11 is 0. The summed E-state index contributed by atoms with van der Waals surface area (Å²) in [4.78, 5) is 16.9. The fourth-order valence-corrected chi connectivity index (χ4v) is 4.81. The van der Waals surface area contributed by atoms with E-state index < -0.39 is 15.8 Å². The van der Waals surface area contributed by atoms with Crippen LogP contribution in [-0.2, 0) is 10.0 Å². The Morgan fingerprint density at radius 1 is 0.906 bits per heavy atom. The van der Waals surface area contributed by atoms with Gasteiger partial charge in [-0.2, -0.15) is 0 Å². The van der Waals surface area contributed by atoms with Crippen LogP contribution in [0.3, 0.4) is 0 Å². The van der Waals surface area contributed by atoms with E-state index in [0.29, 0.717) is 24.3 Å². The van der Waals surface area contributed by atoms with E-state index in [1.165, 1.54) is 19.1 Å². The molecule has 1 saturated heterocycles. The molecule has 1 aliphatic heterocycles. The van der Waals surface area contributed by atoms with E-state index in [1.54, 1.807) is 29.2 Å². The molecule has 0 spiro atoms. The fraction of sp³-hybridized carbons (Fsp3) is 0.208. The van der Waals surface area contributed by atoms with Gasteiger partial charge in [-0.25, -0.2) is 12.8 Å². The number of hydrogen-bond donors (Lipinski definition) is 1. The molecule has 0 aromatic heterocycles.